The van der Waals surface area contributed by atoms with Gasteiger partial charge in [0.25, 0.3) is 5.91 Å². The van der Waals surface area contributed by atoms with E-state index < -0.39 is 0 Å². The predicted molar refractivity (Wildman–Crippen MR) is 99.0 cm³/mol. The van der Waals surface area contributed by atoms with Crippen LogP contribution in [0.25, 0.3) is 16.6 Å². The fourth-order valence-electron chi connectivity index (χ4n) is 3.22. The van der Waals surface area contributed by atoms with Crippen molar-refractivity contribution in [1.29, 1.82) is 0 Å². The van der Waals surface area contributed by atoms with Gasteiger partial charge < -0.3 is 24.3 Å². The molecule has 0 aromatic carbocycles. The number of carbonyl (C=O) groups is 1. The molecule has 0 saturated heterocycles. The van der Waals surface area contributed by atoms with Crippen molar-refractivity contribution in [2.24, 2.45) is 7.05 Å². The molecule has 0 aliphatic rings. The van der Waals surface area contributed by atoms with Crippen molar-refractivity contribution in [1.82, 2.24) is 29.0 Å². The Hall–Kier alpha value is -3.49. The minimum atomic E-state index is -0.246. The number of aryl methyl sites for hydroxylation is 2. The second kappa shape index (κ2) is 6.35. The molecule has 0 atom stereocenters. The van der Waals surface area contributed by atoms with Crippen molar-refractivity contribution in [3.63, 3.8) is 0 Å². The number of amides is 1. The fraction of sp³-hybridized carbons (Fsp3) is 0.278. The van der Waals surface area contributed by atoms with Crippen LogP contribution in [0.2, 0.25) is 0 Å². The van der Waals surface area contributed by atoms with Crippen LogP contribution in [0, 0.1) is 0 Å². The number of aromatic nitrogens is 5. The number of fused-ring (bicyclic) bond motifs is 2. The van der Waals surface area contributed by atoms with Gasteiger partial charge in [-0.3, -0.25) is 4.79 Å². The third-order valence-corrected chi connectivity index (χ3v) is 4.64. The van der Waals surface area contributed by atoms with Crippen molar-refractivity contribution in [2.75, 3.05) is 7.11 Å². The maximum atomic E-state index is 12.6. The fourth-order valence-corrected chi connectivity index (χ4v) is 3.22. The molecule has 0 bridgehead atoms. The SMILES string of the molecule is CCn1cc2nc(OC)c(CNC(=O)c3cnn4ccn(C)c34)cc2c1O. The van der Waals surface area contributed by atoms with E-state index in [-0.39, 0.29) is 18.3 Å². The first-order valence-electron chi connectivity index (χ1n) is 8.56. The molecule has 0 fully saturated rings. The third kappa shape index (κ3) is 2.67. The number of nitrogens with one attached hydrogen (secondary N) is 1. The average molecular weight is 368 g/mol. The number of methoxy groups -OCH3 is 1. The highest BCUT2D eigenvalue weighted by Crippen LogP contribution is 2.30. The van der Waals surface area contributed by atoms with E-state index in [1.807, 2.05) is 24.7 Å². The van der Waals surface area contributed by atoms with Gasteiger partial charge in [0.1, 0.15) is 11.2 Å². The summed E-state index contributed by atoms with van der Waals surface area (Å²) in [5.74, 6) is 0.316. The summed E-state index contributed by atoms with van der Waals surface area (Å²) in [6, 6.07) is 1.79. The number of hydrogen-bond donors (Lipinski definition) is 2. The van der Waals surface area contributed by atoms with E-state index in [9.17, 15) is 9.90 Å². The Labute approximate surface area is 154 Å². The van der Waals surface area contributed by atoms with Crippen LogP contribution in [-0.4, -0.2) is 41.9 Å². The summed E-state index contributed by atoms with van der Waals surface area (Å²) >= 11 is 0. The molecule has 9 nitrogen and oxygen atoms in total. The summed E-state index contributed by atoms with van der Waals surface area (Å²) < 4.78 is 10.6. The van der Waals surface area contributed by atoms with Gasteiger partial charge in [0.2, 0.25) is 11.8 Å². The van der Waals surface area contributed by atoms with Crippen LogP contribution in [-0.2, 0) is 20.1 Å². The van der Waals surface area contributed by atoms with Gasteiger partial charge in [-0.2, -0.15) is 5.10 Å². The Morgan fingerprint density at radius 2 is 2.19 bits per heavy atom. The van der Waals surface area contributed by atoms with Gasteiger partial charge in [-0.1, -0.05) is 0 Å². The van der Waals surface area contributed by atoms with E-state index in [1.165, 1.54) is 13.3 Å². The van der Waals surface area contributed by atoms with Crippen molar-refractivity contribution in [3.05, 3.63) is 42.0 Å². The number of hydrogen-bond acceptors (Lipinski definition) is 5. The summed E-state index contributed by atoms with van der Waals surface area (Å²) in [4.78, 5) is 17.1. The summed E-state index contributed by atoms with van der Waals surface area (Å²) in [5.41, 5.74) is 2.52. The third-order valence-electron chi connectivity index (χ3n) is 4.64. The zero-order valence-corrected chi connectivity index (χ0v) is 15.3. The van der Waals surface area contributed by atoms with E-state index in [0.717, 1.165) is 0 Å². The van der Waals surface area contributed by atoms with Crippen LogP contribution in [0.1, 0.15) is 22.8 Å². The highest BCUT2D eigenvalue weighted by Gasteiger charge is 2.18. The summed E-state index contributed by atoms with van der Waals surface area (Å²) in [6.07, 6.45) is 6.93. The Kier molecular flexibility index (Phi) is 3.98. The smallest absolute Gasteiger partial charge is 0.256 e. The first-order valence-corrected chi connectivity index (χ1v) is 8.56. The molecule has 4 aromatic rings. The first-order chi connectivity index (χ1) is 13.0. The molecule has 2 N–H and O–H groups in total. The normalized spacial score (nSPS) is 11.4. The lowest BCUT2D eigenvalue weighted by molar-refractivity contribution is 0.0952. The van der Waals surface area contributed by atoms with Crippen molar-refractivity contribution < 1.29 is 14.6 Å². The van der Waals surface area contributed by atoms with Crippen molar-refractivity contribution in [3.8, 4) is 11.8 Å². The molecule has 0 radical (unpaired) electrons. The molecule has 4 aromatic heterocycles. The first kappa shape index (κ1) is 17.0. The number of ether oxygens (including phenoxy) is 1. The van der Waals surface area contributed by atoms with E-state index in [1.54, 1.807) is 27.5 Å². The number of nitrogens with zero attached hydrogens (tertiary/aromatic N) is 5. The van der Waals surface area contributed by atoms with Gasteiger partial charge in [-0.15, -0.1) is 0 Å². The van der Waals surface area contributed by atoms with E-state index in [2.05, 4.69) is 15.4 Å². The quantitative estimate of drug-likeness (QED) is 0.558. The van der Waals surface area contributed by atoms with Gasteiger partial charge in [0, 0.05) is 44.3 Å². The number of carbonyl (C=O) groups excluding carboxylic acids is 1. The second-order valence-corrected chi connectivity index (χ2v) is 6.25. The standard InChI is InChI=1S/C18H20N6O3/c1-4-23-10-14-12(18(23)26)7-11(16(21-14)27-3)8-19-15(25)13-9-20-24-6-5-22(2)17(13)24/h5-7,9-10,26H,4,8H2,1-3H3,(H,19,25). The largest absolute Gasteiger partial charge is 0.494 e. The topological polar surface area (TPSA) is 98.6 Å². The van der Waals surface area contributed by atoms with Gasteiger partial charge in [0.15, 0.2) is 0 Å². The highest BCUT2D eigenvalue weighted by atomic mass is 16.5. The van der Waals surface area contributed by atoms with Crippen LogP contribution in [0.15, 0.2) is 30.9 Å². The Bertz CT molecular complexity index is 1150. The monoisotopic (exact) mass is 368 g/mol. The molecule has 4 heterocycles. The molecule has 0 spiro atoms. The van der Waals surface area contributed by atoms with E-state index in [0.29, 0.717) is 40.1 Å². The number of rotatable bonds is 5. The van der Waals surface area contributed by atoms with Gasteiger partial charge in [-0.05, 0) is 13.0 Å². The number of imidazole rings is 1. The highest BCUT2D eigenvalue weighted by molar-refractivity contribution is 5.99. The van der Waals surface area contributed by atoms with Gasteiger partial charge in [0.05, 0.1) is 24.2 Å². The number of pyridine rings is 1. The molecule has 0 saturated carbocycles. The lowest BCUT2D eigenvalue weighted by Crippen LogP contribution is -2.23. The summed E-state index contributed by atoms with van der Waals surface area (Å²) in [7, 11) is 3.39. The van der Waals surface area contributed by atoms with Crippen LogP contribution >= 0.6 is 0 Å². The lowest BCUT2D eigenvalue weighted by Gasteiger charge is -2.09. The molecule has 0 aliphatic heterocycles. The van der Waals surface area contributed by atoms with Crippen LogP contribution in [0.3, 0.4) is 0 Å². The molecule has 140 valence electrons. The van der Waals surface area contributed by atoms with E-state index >= 15 is 0 Å². The minimum absolute atomic E-state index is 0.150. The maximum absolute atomic E-state index is 12.6. The zero-order valence-electron chi connectivity index (χ0n) is 15.3. The Morgan fingerprint density at radius 3 is 2.93 bits per heavy atom. The van der Waals surface area contributed by atoms with Gasteiger partial charge >= 0.3 is 0 Å². The van der Waals surface area contributed by atoms with Crippen LogP contribution < -0.4 is 10.1 Å². The zero-order chi connectivity index (χ0) is 19.1. The Balaban J connectivity index is 1.63. The molecule has 1 amide bonds. The molecular formula is C18H20N6O3. The summed E-state index contributed by atoms with van der Waals surface area (Å²) in [6.45, 7) is 2.78. The molecule has 0 unspecified atom stereocenters. The van der Waals surface area contributed by atoms with Gasteiger partial charge in [-0.25, -0.2) is 9.50 Å². The lowest BCUT2D eigenvalue weighted by atomic mass is 10.2. The Morgan fingerprint density at radius 1 is 1.37 bits per heavy atom. The molecule has 9 heteroatoms. The average Bonchev–Trinajstić information content (AvgIpc) is 3.34. The second-order valence-electron chi connectivity index (χ2n) is 6.25. The van der Waals surface area contributed by atoms with Crippen LogP contribution in [0.5, 0.6) is 11.8 Å². The number of aromatic hydroxyl groups is 1. The summed E-state index contributed by atoms with van der Waals surface area (Å²) in [5, 5.41) is 18.0. The van der Waals surface area contributed by atoms with Crippen LogP contribution in [0.4, 0.5) is 0 Å². The van der Waals surface area contributed by atoms with Crippen molar-refractivity contribution >= 4 is 22.5 Å². The minimum Gasteiger partial charge on any atom is -0.494 e. The maximum Gasteiger partial charge on any atom is 0.256 e. The molecule has 27 heavy (non-hydrogen) atoms. The molecular weight excluding hydrogens is 348 g/mol. The molecule has 4 rings (SSSR count). The molecule has 0 aliphatic carbocycles. The van der Waals surface area contributed by atoms with E-state index in [4.69, 9.17) is 4.74 Å². The predicted octanol–water partition coefficient (Wildman–Crippen LogP) is 1.69. The van der Waals surface area contributed by atoms with Crippen molar-refractivity contribution in [2.45, 2.75) is 20.0 Å².